The molecule has 0 saturated carbocycles. The largest absolute Gasteiger partial charge is 0.488 e. The van der Waals surface area contributed by atoms with Gasteiger partial charge in [0, 0.05) is 22.7 Å². The summed E-state index contributed by atoms with van der Waals surface area (Å²) in [5, 5.41) is 7.94. The maximum atomic E-state index is 12.4. The average molecular weight is 368 g/mol. The molecule has 1 amide bonds. The second kappa shape index (κ2) is 6.84. The molecule has 2 aromatic carbocycles. The first kappa shape index (κ1) is 16.7. The van der Waals surface area contributed by atoms with Gasteiger partial charge in [0.1, 0.15) is 18.9 Å². The van der Waals surface area contributed by atoms with E-state index in [2.05, 4.69) is 16.5 Å². The number of benzene rings is 2. The minimum absolute atomic E-state index is 0.114. The summed E-state index contributed by atoms with van der Waals surface area (Å²) in [7, 11) is 0. The van der Waals surface area contributed by atoms with Crippen LogP contribution in [0.3, 0.4) is 0 Å². The molecule has 0 spiro atoms. The molecule has 0 saturated heterocycles. The monoisotopic (exact) mass is 367 g/mol. The van der Waals surface area contributed by atoms with Crippen molar-refractivity contribution in [1.29, 1.82) is 0 Å². The van der Waals surface area contributed by atoms with Crippen LogP contribution in [0.1, 0.15) is 16.7 Å². The van der Waals surface area contributed by atoms with Crippen molar-refractivity contribution in [3.63, 3.8) is 0 Å². The number of nitrogens with zero attached hydrogens (tertiary/aromatic N) is 2. The van der Waals surface area contributed by atoms with Crippen molar-refractivity contribution in [2.75, 3.05) is 0 Å². The van der Waals surface area contributed by atoms with Gasteiger partial charge < -0.3 is 10.1 Å². The van der Waals surface area contributed by atoms with Crippen LogP contribution in [0.4, 0.5) is 0 Å². The standard InChI is InChI=1S/C20H18ClN3O2/c1-13-6-7-18-16(8-13)20-15(12-26-18)10-23-24(20)11-19(25)22-9-14-4-2-3-5-17(14)21/h2-8,10H,9,11-12H2,1H3,(H,22,25). The van der Waals surface area contributed by atoms with Crippen LogP contribution in [-0.4, -0.2) is 15.7 Å². The molecule has 1 aliphatic rings. The van der Waals surface area contributed by atoms with Gasteiger partial charge in [-0.2, -0.15) is 5.10 Å². The first-order valence-corrected chi connectivity index (χ1v) is 8.78. The lowest BCUT2D eigenvalue weighted by Crippen LogP contribution is -2.28. The second-order valence-corrected chi connectivity index (χ2v) is 6.74. The summed E-state index contributed by atoms with van der Waals surface area (Å²) in [5.41, 5.74) is 4.93. The van der Waals surface area contributed by atoms with Crippen molar-refractivity contribution in [3.8, 4) is 17.0 Å². The molecule has 1 N–H and O–H groups in total. The first-order chi connectivity index (χ1) is 12.6. The van der Waals surface area contributed by atoms with Gasteiger partial charge in [0.15, 0.2) is 0 Å². The first-order valence-electron chi connectivity index (χ1n) is 8.40. The van der Waals surface area contributed by atoms with E-state index in [0.29, 0.717) is 18.2 Å². The summed E-state index contributed by atoms with van der Waals surface area (Å²) < 4.78 is 7.51. The Bertz CT molecular complexity index is 981. The van der Waals surface area contributed by atoms with Crippen molar-refractivity contribution in [2.24, 2.45) is 0 Å². The third-order valence-electron chi connectivity index (χ3n) is 4.42. The maximum Gasteiger partial charge on any atom is 0.242 e. The molecule has 0 unspecified atom stereocenters. The second-order valence-electron chi connectivity index (χ2n) is 6.33. The molecule has 0 atom stereocenters. The lowest BCUT2D eigenvalue weighted by molar-refractivity contribution is -0.122. The van der Waals surface area contributed by atoms with Gasteiger partial charge in [-0.25, -0.2) is 0 Å². The fraction of sp³-hybridized carbons (Fsp3) is 0.200. The molecule has 3 aromatic rings. The molecule has 4 rings (SSSR count). The van der Waals surface area contributed by atoms with Crippen LogP contribution in [0, 0.1) is 6.92 Å². The number of ether oxygens (including phenoxy) is 1. The molecular formula is C20H18ClN3O2. The Morgan fingerprint density at radius 3 is 3.00 bits per heavy atom. The quantitative estimate of drug-likeness (QED) is 0.764. The van der Waals surface area contributed by atoms with Crippen LogP contribution in [0.25, 0.3) is 11.3 Å². The Hall–Kier alpha value is -2.79. The van der Waals surface area contributed by atoms with Crippen LogP contribution in [0.5, 0.6) is 5.75 Å². The molecule has 0 fully saturated rings. The van der Waals surface area contributed by atoms with E-state index < -0.39 is 0 Å². The Kier molecular flexibility index (Phi) is 4.39. The fourth-order valence-electron chi connectivity index (χ4n) is 3.10. The van der Waals surface area contributed by atoms with Gasteiger partial charge in [-0.3, -0.25) is 9.48 Å². The number of rotatable bonds is 4. The van der Waals surface area contributed by atoms with Gasteiger partial charge in [0.25, 0.3) is 0 Å². The molecule has 132 valence electrons. The third kappa shape index (κ3) is 3.18. The summed E-state index contributed by atoms with van der Waals surface area (Å²) in [5.74, 6) is 0.706. The number of halogens is 1. The predicted octanol–water partition coefficient (Wildman–Crippen LogP) is 3.72. The summed E-state index contributed by atoms with van der Waals surface area (Å²) >= 11 is 6.13. The minimum Gasteiger partial charge on any atom is -0.488 e. The molecule has 0 aliphatic carbocycles. The highest BCUT2D eigenvalue weighted by Crippen LogP contribution is 2.37. The van der Waals surface area contributed by atoms with Crippen molar-refractivity contribution >= 4 is 17.5 Å². The number of fused-ring (bicyclic) bond motifs is 3. The maximum absolute atomic E-state index is 12.4. The Balaban J connectivity index is 1.53. The lowest BCUT2D eigenvalue weighted by atomic mass is 10.0. The van der Waals surface area contributed by atoms with Gasteiger partial charge in [-0.15, -0.1) is 0 Å². The topological polar surface area (TPSA) is 56.2 Å². The SMILES string of the molecule is Cc1ccc2c(c1)-c1c(cnn1CC(=O)NCc1ccccc1Cl)CO2. The molecule has 5 nitrogen and oxygen atoms in total. The zero-order valence-electron chi connectivity index (χ0n) is 14.3. The van der Waals surface area contributed by atoms with E-state index in [-0.39, 0.29) is 12.5 Å². The number of aromatic nitrogens is 2. The lowest BCUT2D eigenvalue weighted by Gasteiger charge is -2.19. The number of hydrogen-bond acceptors (Lipinski definition) is 3. The van der Waals surface area contributed by atoms with Crippen LogP contribution in [0.15, 0.2) is 48.7 Å². The minimum atomic E-state index is -0.114. The number of amides is 1. The van der Waals surface area contributed by atoms with Crippen molar-refractivity contribution in [2.45, 2.75) is 26.6 Å². The predicted molar refractivity (Wildman–Crippen MR) is 100 cm³/mol. The Morgan fingerprint density at radius 1 is 1.31 bits per heavy atom. The number of carbonyl (C=O) groups excluding carboxylic acids is 1. The number of nitrogens with one attached hydrogen (secondary N) is 1. The number of hydrogen-bond donors (Lipinski definition) is 1. The molecule has 1 aromatic heterocycles. The summed E-state index contributed by atoms with van der Waals surface area (Å²) in [4.78, 5) is 12.4. The molecule has 0 bridgehead atoms. The van der Waals surface area contributed by atoms with E-state index in [1.54, 1.807) is 10.9 Å². The van der Waals surface area contributed by atoms with Crippen LogP contribution in [0.2, 0.25) is 5.02 Å². The number of aryl methyl sites for hydroxylation is 1. The average Bonchev–Trinajstić information content (AvgIpc) is 3.04. The highest BCUT2D eigenvalue weighted by Gasteiger charge is 2.23. The van der Waals surface area contributed by atoms with Gasteiger partial charge in [0.05, 0.1) is 11.9 Å². The van der Waals surface area contributed by atoms with Crippen molar-refractivity contribution in [1.82, 2.24) is 15.1 Å². The van der Waals surface area contributed by atoms with Crippen LogP contribution in [-0.2, 0) is 24.5 Å². The van der Waals surface area contributed by atoms with Crippen molar-refractivity contribution < 1.29 is 9.53 Å². The molecule has 1 aliphatic heterocycles. The van der Waals surface area contributed by atoms with Gasteiger partial charge in [0.2, 0.25) is 5.91 Å². The summed E-state index contributed by atoms with van der Waals surface area (Å²) in [6.45, 7) is 3.03. The van der Waals surface area contributed by atoms with E-state index in [4.69, 9.17) is 16.3 Å². The van der Waals surface area contributed by atoms with Crippen LogP contribution >= 0.6 is 11.6 Å². The van der Waals surface area contributed by atoms with Gasteiger partial charge in [-0.1, -0.05) is 41.4 Å². The van der Waals surface area contributed by atoms with E-state index in [1.165, 1.54) is 0 Å². The van der Waals surface area contributed by atoms with Crippen LogP contribution < -0.4 is 10.1 Å². The third-order valence-corrected chi connectivity index (χ3v) is 4.78. The molecule has 6 heteroatoms. The van der Waals surface area contributed by atoms with Gasteiger partial charge >= 0.3 is 0 Å². The smallest absolute Gasteiger partial charge is 0.242 e. The summed E-state index contributed by atoms with van der Waals surface area (Å²) in [6, 6.07) is 13.5. The van der Waals surface area contributed by atoms with Gasteiger partial charge in [-0.05, 0) is 30.7 Å². The Morgan fingerprint density at radius 2 is 2.15 bits per heavy atom. The van der Waals surface area contributed by atoms with E-state index in [0.717, 1.165) is 33.7 Å². The fourth-order valence-corrected chi connectivity index (χ4v) is 3.30. The normalized spacial score (nSPS) is 12.1. The zero-order chi connectivity index (χ0) is 18.1. The summed E-state index contributed by atoms with van der Waals surface area (Å²) in [6.07, 6.45) is 1.77. The molecule has 0 radical (unpaired) electrons. The Labute approximate surface area is 156 Å². The van der Waals surface area contributed by atoms with Crippen molar-refractivity contribution in [3.05, 3.63) is 70.4 Å². The van der Waals surface area contributed by atoms with E-state index in [9.17, 15) is 4.79 Å². The number of carbonyl (C=O) groups is 1. The van der Waals surface area contributed by atoms with E-state index in [1.807, 2.05) is 43.3 Å². The highest BCUT2D eigenvalue weighted by atomic mass is 35.5. The molecule has 2 heterocycles. The highest BCUT2D eigenvalue weighted by molar-refractivity contribution is 6.31. The molecule has 26 heavy (non-hydrogen) atoms. The van der Waals surface area contributed by atoms with E-state index >= 15 is 0 Å². The molecular weight excluding hydrogens is 350 g/mol. The zero-order valence-corrected chi connectivity index (χ0v) is 15.1.